The quantitative estimate of drug-likeness (QED) is 0.0358. The average Bonchev–Trinajstić information content (AvgIpc) is 4.41. The molecular formula is C69H104F2N2S5. The Morgan fingerprint density at radius 2 is 0.769 bits per heavy atom. The van der Waals surface area contributed by atoms with Gasteiger partial charge in [0, 0.05) is 39.0 Å². The Morgan fingerprint density at radius 3 is 1.10 bits per heavy atom. The van der Waals surface area contributed by atoms with Crippen molar-refractivity contribution in [1.29, 1.82) is 0 Å². The number of nitrogens with zero attached hydrogens (tertiary/aromatic N) is 2. The van der Waals surface area contributed by atoms with Crippen LogP contribution in [-0.2, 0) is 18.3 Å². The zero-order valence-electron chi connectivity index (χ0n) is 50.4. The number of benzene rings is 1. The van der Waals surface area contributed by atoms with Crippen LogP contribution in [0.2, 0.25) is 0 Å². The summed E-state index contributed by atoms with van der Waals surface area (Å²) < 4.78 is 45.1. The molecule has 0 amide bonds. The van der Waals surface area contributed by atoms with Gasteiger partial charge >= 0.3 is 0 Å². The van der Waals surface area contributed by atoms with Crippen molar-refractivity contribution in [2.24, 2.45) is 11.8 Å². The van der Waals surface area contributed by atoms with Crippen LogP contribution in [0.1, 0.15) is 295 Å². The Balaban J connectivity index is 1.36. The van der Waals surface area contributed by atoms with E-state index >= 15 is 8.78 Å². The lowest BCUT2D eigenvalue weighted by molar-refractivity contribution is 0.401. The molecule has 0 bridgehead atoms. The summed E-state index contributed by atoms with van der Waals surface area (Å²) in [6, 6.07) is 13.6. The van der Waals surface area contributed by atoms with Crippen molar-refractivity contribution in [3.8, 4) is 40.4 Å². The lowest BCUT2D eigenvalue weighted by Gasteiger charge is -2.18. The first-order chi connectivity index (χ1) is 37.9. The Bertz CT molecular complexity index is 2580. The molecule has 0 fully saturated rings. The smallest absolute Gasteiger partial charge is 0.170 e. The third-order valence-corrected chi connectivity index (χ3v) is 22.7. The summed E-state index contributed by atoms with van der Waals surface area (Å²) in [5.74, 6) is -0.0490. The Kier molecular flexibility index (Phi) is 29.1. The average molecular weight is 1160 g/mol. The molecule has 9 heteroatoms. The van der Waals surface area contributed by atoms with Crippen molar-refractivity contribution in [2.45, 2.75) is 292 Å². The minimum absolute atomic E-state index is 0.0211. The van der Waals surface area contributed by atoms with Crippen LogP contribution in [0.4, 0.5) is 8.78 Å². The SMILES string of the molecule is CCCCCCCCCCC(CCCCCCCC)Cc1cc(-c2c(F)c(F)c(-c3cc(CC(CCCCCCCC)CCCCCCCCCC)c(-c4ccc(C(C)(C)C)s4)s3)c3nsnc23)sc1-c1ccc(C(C)C)s1. The van der Waals surface area contributed by atoms with Crippen LogP contribution < -0.4 is 0 Å². The minimum Gasteiger partial charge on any atom is -0.203 e. The second-order valence-electron chi connectivity index (χ2n) is 24.8. The number of halogens is 2. The fourth-order valence-corrected chi connectivity index (χ4v) is 17.1. The van der Waals surface area contributed by atoms with Crippen molar-refractivity contribution in [2.75, 3.05) is 0 Å². The Labute approximate surface area is 495 Å². The molecule has 78 heavy (non-hydrogen) atoms. The van der Waals surface area contributed by atoms with Crippen LogP contribution in [0.25, 0.3) is 51.4 Å². The standard InChI is InChI=1S/C69H104F2N2S5/c1-10-14-18-22-26-28-32-36-40-51(38-34-30-24-20-16-12-3)46-53-48-58(76-67(53)56-43-42-55(74-56)50(5)6)61-63(70)64(71)62(66-65(61)72-78-73-66)59-49-54(68(77-59)57-44-45-60(75-57)69(7,8)9)47-52(39-35-31-25-21-17-13-4)41-37-33-29-27-23-19-15-11-2/h42-45,48-52H,10-41,46-47H2,1-9H3. The number of unbranched alkanes of at least 4 members (excludes halogenated alkanes) is 24. The van der Waals surface area contributed by atoms with Gasteiger partial charge in [-0.05, 0) is 83.5 Å². The Hall–Kier alpha value is -2.30. The van der Waals surface area contributed by atoms with Gasteiger partial charge in [0.15, 0.2) is 11.6 Å². The van der Waals surface area contributed by atoms with Gasteiger partial charge in [-0.25, -0.2) is 8.78 Å². The fourth-order valence-electron chi connectivity index (χ4n) is 11.7. The van der Waals surface area contributed by atoms with E-state index in [9.17, 15) is 0 Å². The molecule has 2 unspecified atom stereocenters. The molecule has 0 aliphatic carbocycles. The van der Waals surface area contributed by atoms with E-state index in [0.717, 1.165) is 34.3 Å². The third-order valence-electron chi connectivity index (χ3n) is 16.6. The van der Waals surface area contributed by atoms with Crippen LogP contribution in [0.15, 0.2) is 36.4 Å². The largest absolute Gasteiger partial charge is 0.203 e. The van der Waals surface area contributed by atoms with E-state index < -0.39 is 11.6 Å². The molecule has 6 aromatic rings. The number of hydrogen-bond donors (Lipinski definition) is 0. The van der Waals surface area contributed by atoms with Crippen LogP contribution in [-0.4, -0.2) is 8.75 Å². The van der Waals surface area contributed by atoms with E-state index in [1.54, 1.807) is 22.7 Å². The maximum absolute atomic E-state index is 17.7. The molecule has 434 valence electrons. The van der Waals surface area contributed by atoms with E-state index in [1.807, 2.05) is 22.7 Å². The second-order valence-corrected chi connectivity index (χ2v) is 29.7. The second kappa shape index (κ2) is 35.0. The number of hydrogen-bond acceptors (Lipinski definition) is 7. The molecule has 0 saturated heterocycles. The highest BCUT2D eigenvalue weighted by atomic mass is 32.1. The van der Waals surface area contributed by atoms with Crippen LogP contribution >= 0.6 is 57.1 Å². The van der Waals surface area contributed by atoms with Gasteiger partial charge in [0.2, 0.25) is 0 Å². The first-order valence-corrected chi connectivity index (χ1v) is 36.0. The molecule has 0 spiro atoms. The van der Waals surface area contributed by atoms with Crippen molar-refractivity contribution in [1.82, 2.24) is 8.75 Å². The highest BCUT2D eigenvalue weighted by Gasteiger charge is 2.30. The predicted molar refractivity (Wildman–Crippen MR) is 348 cm³/mol. The fraction of sp³-hybridized carbons (Fsp3) is 0.681. The van der Waals surface area contributed by atoms with Crippen LogP contribution in [0, 0.1) is 23.5 Å². The first kappa shape index (κ1) is 64.9. The van der Waals surface area contributed by atoms with Gasteiger partial charge in [0.1, 0.15) is 11.0 Å². The van der Waals surface area contributed by atoms with Gasteiger partial charge in [-0.3, -0.25) is 0 Å². The Morgan fingerprint density at radius 1 is 0.423 bits per heavy atom. The van der Waals surface area contributed by atoms with Crippen molar-refractivity contribution < 1.29 is 8.78 Å². The summed E-state index contributed by atoms with van der Waals surface area (Å²) in [7, 11) is 0. The molecule has 2 nitrogen and oxygen atoms in total. The van der Waals surface area contributed by atoms with Crippen LogP contribution in [0.5, 0.6) is 0 Å². The normalized spacial score (nSPS) is 13.0. The van der Waals surface area contributed by atoms with Gasteiger partial charge < -0.3 is 0 Å². The minimum atomic E-state index is -0.793. The molecule has 2 atom stereocenters. The predicted octanol–water partition coefficient (Wildman–Crippen LogP) is 26.2. The molecule has 0 aliphatic heterocycles. The topological polar surface area (TPSA) is 25.8 Å². The summed E-state index contributed by atoms with van der Waals surface area (Å²) in [4.78, 5) is 9.12. The van der Waals surface area contributed by atoms with E-state index in [0.29, 0.717) is 28.8 Å². The molecule has 5 aromatic heterocycles. The zero-order chi connectivity index (χ0) is 55.7. The zero-order valence-corrected chi connectivity index (χ0v) is 54.5. The van der Waals surface area contributed by atoms with Gasteiger partial charge in [-0.1, -0.05) is 268 Å². The molecule has 5 heterocycles. The highest BCUT2D eigenvalue weighted by molar-refractivity contribution is 7.25. The summed E-state index contributed by atoms with van der Waals surface area (Å²) in [5, 5.41) is 0. The van der Waals surface area contributed by atoms with Crippen molar-refractivity contribution in [3.05, 3.63) is 68.9 Å². The maximum Gasteiger partial charge on any atom is 0.170 e. The summed E-state index contributed by atoms with van der Waals surface area (Å²) in [5.41, 5.74) is 4.12. The van der Waals surface area contributed by atoms with Gasteiger partial charge in [-0.15, -0.1) is 45.3 Å². The molecule has 1 aromatic carbocycles. The number of thiophene rings is 4. The molecule has 0 radical (unpaired) electrons. The first-order valence-electron chi connectivity index (χ1n) is 32.0. The third kappa shape index (κ3) is 20.0. The number of rotatable bonds is 41. The lowest BCUT2D eigenvalue weighted by atomic mass is 9.88. The van der Waals surface area contributed by atoms with Gasteiger partial charge in [0.05, 0.1) is 22.9 Å². The van der Waals surface area contributed by atoms with E-state index in [2.05, 4.69) is 98.7 Å². The maximum atomic E-state index is 17.7. The monoisotopic (exact) mass is 1160 g/mol. The summed E-state index contributed by atoms with van der Waals surface area (Å²) in [6.07, 6.45) is 43.6. The van der Waals surface area contributed by atoms with Crippen molar-refractivity contribution >= 4 is 68.1 Å². The summed E-state index contributed by atoms with van der Waals surface area (Å²) in [6.45, 7) is 20.6. The molecule has 6 rings (SSSR count). The summed E-state index contributed by atoms with van der Waals surface area (Å²) >= 11 is 8.09. The number of aromatic nitrogens is 2. The van der Waals surface area contributed by atoms with E-state index in [1.165, 1.54) is 246 Å². The molecule has 0 aliphatic rings. The highest BCUT2D eigenvalue weighted by Crippen LogP contribution is 2.50. The van der Waals surface area contributed by atoms with E-state index in [-0.39, 0.29) is 16.5 Å². The molecular weight excluding hydrogens is 1060 g/mol. The molecule has 0 N–H and O–H groups in total. The number of fused-ring (bicyclic) bond motifs is 1. The van der Waals surface area contributed by atoms with E-state index in [4.69, 9.17) is 8.75 Å². The van der Waals surface area contributed by atoms with Crippen molar-refractivity contribution in [3.63, 3.8) is 0 Å². The van der Waals surface area contributed by atoms with Gasteiger partial charge in [0.25, 0.3) is 0 Å². The van der Waals surface area contributed by atoms with Crippen LogP contribution in [0.3, 0.4) is 0 Å². The lowest BCUT2D eigenvalue weighted by Crippen LogP contribution is -2.07. The molecule has 0 saturated carbocycles. The van der Waals surface area contributed by atoms with Gasteiger partial charge in [-0.2, -0.15) is 8.75 Å².